The molecule has 0 radical (unpaired) electrons. The highest BCUT2D eigenvalue weighted by Crippen LogP contribution is 2.28. The Morgan fingerprint density at radius 3 is 2.50 bits per heavy atom. The van der Waals surface area contributed by atoms with Gasteiger partial charge in [0.25, 0.3) is 0 Å². The SMILES string of the molecule is COc1cccc(C(C)(CO)Nc2ccc(Cl)cc2)c1. The first-order valence-electron chi connectivity index (χ1n) is 6.36. The van der Waals surface area contributed by atoms with Crippen molar-refractivity contribution in [3.8, 4) is 5.75 Å². The summed E-state index contributed by atoms with van der Waals surface area (Å²) in [5.41, 5.74) is 1.26. The lowest BCUT2D eigenvalue weighted by molar-refractivity contribution is 0.223. The molecule has 20 heavy (non-hydrogen) atoms. The Morgan fingerprint density at radius 1 is 1.20 bits per heavy atom. The van der Waals surface area contributed by atoms with Gasteiger partial charge in [0, 0.05) is 10.7 Å². The lowest BCUT2D eigenvalue weighted by atomic mass is 9.92. The molecule has 0 amide bonds. The first kappa shape index (κ1) is 14.7. The number of hydrogen-bond donors (Lipinski definition) is 2. The van der Waals surface area contributed by atoms with E-state index < -0.39 is 5.54 Å². The van der Waals surface area contributed by atoms with Gasteiger partial charge in [0.05, 0.1) is 19.3 Å². The summed E-state index contributed by atoms with van der Waals surface area (Å²) >= 11 is 5.88. The van der Waals surface area contributed by atoms with E-state index in [9.17, 15) is 5.11 Å². The molecule has 0 spiro atoms. The molecule has 0 aliphatic rings. The Labute approximate surface area is 124 Å². The molecule has 2 N–H and O–H groups in total. The van der Waals surface area contributed by atoms with Crippen molar-refractivity contribution in [2.75, 3.05) is 19.0 Å². The second kappa shape index (κ2) is 6.16. The third-order valence-corrected chi connectivity index (χ3v) is 3.54. The van der Waals surface area contributed by atoms with Gasteiger partial charge >= 0.3 is 0 Å². The molecule has 0 aliphatic heterocycles. The fourth-order valence-electron chi connectivity index (χ4n) is 2.02. The average molecular weight is 292 g/mol. The van der Waals surface area contributed by atoms with Gasteiger partial charge in [-0.05, 0) is 48.9 Å². The Balaban J connectivity index is 2.30. The summed E-state index contributed by atoms with van der Waals surface area (Å²) in [5, 5.41) is 13.8. The lowest BCUT2D eigenvalue weighted by Gasteiger charge is -2.31. The van der Waals surface area contributed by atoms with Gasteiger partial charge in [-0.25, -0.2) is 0 Å². The molecule has 3 nitrogen and oxygen atoms in total. The van der Waals surface area contributed by atoms with Crippen LogP contribution in [0.25, 0.3) is 0 Å². The van der Waals surface area contributed by atoms with Crippen molar-refractivity contribution < 1.29 is 9.84 Å². The number of methoxy groups -OCH3 is 1. The summed E-state index contributed by atoms with van der Waals surface area (Å²) < 4.78 is 5.23. The highest BCUT2D eigenvalue weighted by atomic mass is 35.5. The van der Waals surface area contributed by atoms with Crippen molar-refractivity contribution in [1.29, 1.82) is 0 Å². The summed E-state index contributed by atoms with van der Waals surface area (Å²) in [6, 6.07) is 15.1. The number of anilines is 1. The predicted molar refractivity (Wildman–Crippen MR) is 82.5 cm³/mol. The summed E-state index contributed by atoms with van der Waals surface area (Å²) in [5.74, 6) is 0.764. The maximum Gasteiger partial charge on any atom is 0.119 e. The second-order valence-corrected chi connectivity index (χ2v) is 5.29. The molecule has 2 aromatic rings. The number of rotatable bonds is 5. The molecule has 0 bridgehead atoms. The number of aliphatic hydroxyl groups excluding tert-OH is 1. The zero-order chi connectivity index (χ0) is 14.6. The predicted octanol–water partition coefficient (Wildman–Crippen LogP) is 3.67. The number of hydrogen-bond acceptors (Lipinski definition) is 3. The zero-order valence-electron chi connectivity index (χ0n) is 11.6. The molecule has 0 fully saturated rings. The van der Waals surface area contributed by atoms with Gasteiger partial charge in [-0.1, -0.05) is 23.7 Å². The first-order chi connectivity index (χ1) is 9.57. The Morgan fingerprint density at radius 2 is 1.90 bits per heavy atom. The van der Waals surface area contributed by atoms with Crippen LogP contribution in [0.15, 0.2) is 48.5 Å². The van der Waals surface area contributed by atoms with Crippen molar-refractivity contribution in [2.45, 2.75) is 12.5 Å². The number of halogens is 1. The van der Waals surface area contributed by atoms with Crippen LogP contribution in [0.3, 0.4) is 0 Å². The van der Waals surface area contributed by atoms with Gasteiger partial charge in [-0.15, -0.1) is 0 Å². The average Bonchev–Trinajstić information content (AvgIpc) is 2.49. The van der Waals surface area contributed by atoms with Crippen LogP contribution < -0.4 is 10.1 Å². The summed E-state index contributed by atoms with van der Waals surface area (Å²) in [4.78, 5) is 0. The van der Waals surface area contributed by atoms with Gasteiger partial charge in [-0.3, -0.25) is 0 Å². The molecular weight excluding hydrogens is 274 g/mol. The van der Waals surface area contributed by atoms with E-state index in [1.165, 1.54) is 0 Å². The maximum atomic E-state index is 9.79. The largest absolute Gasteiger partial charge is 0.497 e. The van der Waals surface area contributed by atoms with Crippen molar-refractivity contribution in [3.05, 3.63) is 59.1 Å². The minimum atomic E-state index is -0.595. The molecular formula is C16H18ClNO2. The molecule has 2 rings (SSSR count). The molecule has 106 valence electrons. The topological polar surface area (TPSA) is 41.5 Å². The van der Waals surface area contributed by atoms with Crippen LogP contribution in [0.5, 0.6) is 5.75 Å². The maximum absolute atomic E-state index is 9.79. The second-order valence-electron chi connectivity index (χ2n) is 4.85. The molecule has 1 unspecified atom stereocenters. The Hall–Kier alpha value is -1.71. The minimum Gasteiger partial charge on any atom is -0.497 e. The quantitative estimate of drug-likeness (QED) is 0.883. The van der Waals surface area contributed by atoms with E-state index in [4.69, 9.17) is 16.3 Å². The van der Waals surface area contributed by atoms with Gasteiger partial charge in [0.2, 0.25) is 0 Å². The number of aliphatic hydroxyl groups is 1. The Bertz CT molecular complexity index is 571. The third kappa shape index (κ3) is 3.24. The van der Waals surface area contributed by atoms with E-state index in [1.54, 1.807) is 7.11 Å². The van der Waals surface area contributed by atoms with Crippen LogP contribution in [0, 0.1) is 0 Å². The van der Waals surface area contributed by atoms with E-state index in [0.717, 1.165) is 17.0 Å². The minimum absolute atomic E-state index is 0.0389. The van der Waals surface area contributed by atoms with Gasteiger partial charge in [0.15, 0.2) is 0 Å². The number of nitrogens with one attached hydrogen (secondary N) is 1. The van der Waals surface area contributed by atoms with E-state index in [1.807, 2.05) is 55.5 Å². The van der Waals surface area contributed by atoms with E-state index in [0.29, 0.717) is 5.02 Å². The molecule has 0 aromatic heterocycles. The molecule has 4 heteroatoms. The van der Waals surface area contributed by atoms with Gasteiger partial charge in [-0.2, -0.15) is 0 Å². The highest BCUT2D eigenvalue weighted by molar-refractivity contribution is 6.30. The standard InChI is InChI=1S/C16H18ClNO2/c1-16(11-19,12-4-3-5-15(10-12)20-2)18-14-8-6-13(17)7-9-14/h3-10,18-19H,11H2,1-2H3. The molecule has 0 heterocycles. The van der Waals surface area contributed by atoms with Crippen LogP contribution in [-0.4, -0.2) is 18.8 Å². The summed E-state index contributed by atoms with van der Waals surface area (Å²) in [6.45, 7) is 1.90. The highest BCUT2D eigenvalue weighted by Gasteiger charge is 2.26. The summed E-state index contributed by atoms with van der Waals surface area (Å²) in [7, 11) is 1.63. The van der Waals surface area contributed by atoms with Crippen LogP contribution in [0.4, 0.5) is 5.69 Å². The summed E-state index contributed by atoms with van der Waals surface area (Å²) in [6.07, 6.45) is 0. The number of benzene rings is 2. The fourth-order valence-corrected chi connectivity index (χ4v) is 2.15. The molecule has 0 aliphatic carbocycles. The van der Waals surface area contributed by atoms with Crippen LogP contribution in [0.2, 0.25) is 5.02 Å². The van der Waals surface area contributed by atoms with Gasteiger partial charge in [0.1, 0.15) is 5.75 Å². The van der Waals surface area contributed by atoms with Crippen molar-refractivity contribution in [2.24, 2.45) is 0 Å². The van der Waals surface area contributed by atoms with Gasteiger partial charge < -0.3 is 15.2 Å². The third-order valence-electron chi connectivity index (χ3n) is 3.29. The van der Waals surface area contributed by atoms with Crippen LogP contribution in [0.1, 0.15) is 12.5 Å². The molecule has 0 saturated heterocycles. The monoisotopic (exact) mass is 291 g/mol. The first-order valence-corrected chi connectivity index (χ1v) is 6.74. The zero-order valence-corrected chi connectivity index (χ0v) is 12.3. The molecule has 1 atom stereocenters. The van der Waals surface area contributed by atoms with Crippen molar-refractivity contribution >= 4 is 17.3 Å². The molecule has 2 aromatic carbocycles. The van der Waals surface area contributed by atoms with E-state index in [-0.39, 0.29) is 6.61 Å². The lowest BCUT2D eigenvalue weighted by Crippen LogP contribution is -2.35. The van der Waals surface area contributed by atoms with E-state index >= 15 is 0 Å². The fraction of sp³-hybridized carbons (Fsp3) is 0.250. The van der Waals surface area contributed by atoms with Crippen LogP contribution >= 0.6 is 11.6 Å². The smallest absolute Gasteiger partial charge is 0.119 e. The van der Waals surface area contributed by atoms with Crippen molar-refractivity contribution in [3.63, 3.8) is 0 Å². The van der Waals surface area contributed by atoms with Crippen LogP contribution in [-0.2, 0) is 5.54 Å². The number of ether oxygens (including phenoxy) is 1. The van der Waals surface area contributed by atoms with E-state index in [2.05, 4.69) is 5.32 Å². The normalized spacial score (nSPS) is 13.6. The Kier molecular flexibility index (Phi) is 4.53. The van der Waals surface area contributed by atoms with Crippen molar-refractivity contribution in [1.82, 2.24) is 0 Å². The molecule has 0 saturated carbocycles.